The Bertz CT molecular complexity index is 2200. The molecule has 0 aliphatic rings. The Morgan fingerprint density at radius 1 is 0.465 bits per heavy atom. The van der Waals surface area contributed by atoms with Crippen LogP contribution in [0.25, 0.3) is 34.7 Å². The Labute approximate surface area is 504 Å². The van der Waals surface area contributed by atoms with Crippen molar-refractivity contribution in [1.82, 2.24) is 61.6 Å². The molecule has 8 N–H and O–H groups in total. The van der Waals surface area contributed by atoms with Crippen LogP contribution in [0, 0.1) is 0 Å². The smallest absolute Gasteiger partial charge is 0.246 e. The molecule has 2 rings (SSSR count). The standard InChI is InChI=1S/C56H91N17O13/c1-6-45-39-46(7-2)68-55(67-45)64-15-11-13-49(74)61-20-27-81-35-37-85-43-53(78)59-18-25-73(42-52(77)58-17-24-72(10-5)41-51(76)63-22-29-80-31-33-84-34-32-83-30-23-66-71-57)26-19-60-54(79)44-86-38-36-82-28-21-62-50(75)14-12-16-65-56-69-47(8-3)40-48(9-4)70-56/h6-9,39-40H,1-4,10-38,41-44H2,5H3,(H,58,77)(H,59,78)(H,60,79)(H,61,74)(H,62,75)(H,63,76)(H,64,67,68)(H,65,69,70). The van der Waals surface area contributed by atoms with Crippen molar-refractivity contribution < 1.29 is 61.9 Å². The molecule has 0 atom stereocenters. The number of carbonyl (C=O) groups is 6. The Morgan fingerprint density at radius 2 is 0.802 bits per heavy atom. The minimum atomic E-state index is -0.373. The largest absolute Gasteiger partial charge is 0.379 e. The molecule has 0 saturated heterocycles. The second-order valence-corrected chi connectivity index (χ2v) is 18.3. The van der Waals surface area contributed by atoms with Crippen LogP contribution in [0.3, 0.4) is 0 Å². The number of azide groups is 1. The monoisotopic (exact) mass is 1210 g/mol. The van der Waals surface area contributed by atoms with Crippen molar-refractivity contribution >= 4 is 71.6 Å². The van der Waals surface area contributed by atoms with Gasteiger partial charge in [0.1, 0.15) is 13.2 Å². The lowest BCUT2D eigenvalue weighted by Crippen LogP contribution is -2.46. The fourth-order valence-corrected chi connectivity index (χ4v) is 7.17. The zero-order valence-electron chi connectivity index (χ0n) is 50.0. The Kier molecular flexibility index (Phi) is 44.0. The number of hydrogen-bond donors (Lipinski definition) is 8. The lowest BCUT2D eigenvalue weighted by atomic mass is 10.3. The number of ether oxygens (including phenoxy) is 7. The zero-order chi connectivity index (χ0) is 62.5. The lowest BCUT2D eigenvalue weighted by Gasteiger charge is -2.23. The summed E-state index contributed by atoms with van der Waals surface area (Å²) in [6, 6.07) is 3.53. The number of hydrogen-bond acceptors (Lipinski definition) is 22. The number of anilines is 2. The van der Waals surface area contributed by atoms with Gasteiger partial charge >= 0.3 is 0 Å². The molecule has 0 saturated carbocycles. The summed E-state index contributed by atoms with van der Waals surface area (Å²) >= 11 is 0. The van der Waals surface area contributed by atoms with E-state index in [9.17, 15) is 28.8 Å². The first kappa shape index (κ1) is 74.6. The van der Waals surface area contributed by atoms with Gasteiger partial charge in [-0.2, -0.15) is 0 Å². The highest BCUT2D eigenvalue weighted by molar-refractivity contribution is 5.79. The first-order chi connectivity index (χ1) is 41.9. The van der Waals surface area contributed by atoms with E-state index < -0.39 is 0 Å². The van der Waals surface area contributed by atoms with Crippen molar-refractivity contribution in [1.29, 1.82) is 0 Å². The van der Waals surface area contributed by atoms with Crippen LogP contribution in [0.1, 0.15) is 55.4 Å². The first-order valence-corrected chi connectivity index (χ1v) is 28.8. The van der Waals surface area contributed by atoms with Gasteiger partial charge in [0.2, 0.25) is 47.3 Å². The number of amides is 6. The summed E-state index contributed by atoms with van der Waals surface area (Å²) in [6.45, 7) is 24.2. The highest BCUT2D eigenvalue weighted by Crippen LogP contribution is 2.10. The molecule has 0 aromatic carbocycles. The molecular weight excluding hydrogens is 1120 g/mol. The molecule has 0 spiro atoms. The summed E-state index contributed by atoms with van der Waals surface area (Å²) < 4.78 is 38.1. The van der Waals surface area contributed by atoms with Crippen LogP contribution in [0.4, 0.5) is 11.9 Å². The number of nitrogens with one attached hydrogen (secondary N) is 8. The Balaban J connectivity index is 1.67. The summed E-state index contributed by atoms with van der Waals surface area (Å²) in [6.07, 6.45) is 8.21. The number of rotatable bonds is 56. The highest BCUT2D eigenvalue weighted by Gasteiger charge is 2.15. The fourth-order valence-electron chi connectivity index (χ4n) is 7.17. The molecule has 478 valence electrons. The summed E-state index contributed by atoms with van der Waals surface area (Å²) in [5.74, 6) is -0.600. The van der Waals surface area contributed by atoms with E-state index in [0.717, 1.165) is 0 Å². The quantitative estimate of drug-likeness (QED) is 0.0195. The van der Waals surface area contributed by atoms with E-state index in [0.29, 0.717) is 146 Å². The average Bonchev–Trinajstić information content (AvgIpc) is 3.60. The lowest BCUT2D eigenvalue weighted by molar-refractivity contribution is -0.126. The van der Waals surface area contributed by atoms with Gasteiger partial charge in [0.25, 0.3) is 0 Å². The van der Waals surface area contributed by atoms with Crippen LogP contribution in [-0.4, -0.2) is 256 Å². The molecule has 0 aliphatic carbocycles. The third-order valence-electron chi connectivity index (χ3n) is 11.6. The van der Waals surface area contributed by atoms with Gasteiger partial charge in [0.05, 0.1) is 115 Å². The Morgan fingerprint density at radius 3 is 1.20 bits per heavy atom. The molecule has 6 amide bonds. The summed E-state index contributed by atoms with van der Waals surface area (Å²) in [4.78, 5) is 99.1. The third-order valence-corrected chi connectivity index (χ3v) is 11.6. The second kappa shape index (κ2) is 50.8. The third kappa shape index (κ3) is 40.7. The number of aromatic nitrogens is 4. The minimum absolute atomic E-state index is 0.0388. The molecule has 30 heteroatoms. The van der Waals surface area contributed by atoms with Crippen LogP contribution in [0.2, 0.25) is 0 Å². The molecule has 0 fully saturated rings. The molecule has 0 radical (unpaired) electrons. The van der Waals surface area contributed by atoms with Crippen molar-refractivity contribution in [2.24, 2.45) is 5.11 Å². The van der Waals surface area contributed by atoms with E-state index in [1.54, 1.807) is 41.3 Å². The van der Waals surface area contributed by atoms with Gasteiger partial charge in [-0.05, 0) is 61.4 Å². The molecule has 2 aromatic rings. The van der Waals surface area contributed by atoms with Gasteiger partial charge in [-0.1, -0.05) is 38.4 Å². The summed E-state index contributed by atoms with van der Waals surface area (Å²) in [7, 11) is 0. The van der Waals surface area contributed by atoms with Gasteiger partial charge < -0.3 is 75.7 Å². The molecule has 0 bridgehead atoms. The molecule has 86 heavy (non-hydrogen) atoms. The molecule has 30 nitrogen and oxygen atoms in total. The predicted octanol–water partition coefficient (Wildman–Crippen LogP) is 0.671. The van der Waals surface area contributed by atoms with Crippen LogP contribution >= 0.6 is 0 Å². The maximum absolute atomic E-state index is 13.2. The number of carbonyl (C=O) groups excluding carboxylic acids is 6. The molecular formula is C56H91N17O13. The molecule has 2 heterocycles. The van der Waals surface area contributed by atoms with Gasteiger partial charge in [0.15, 0.2) is 0 Å². The fraction of sp³-hybridized carbons (Fsp3) is 0.607. The maximum atomic E-state index is 13.2. The first-order valence-electron chi connectivity index (χ1n) is 28.8. The Hall–Kier alpha value is -7.51. The number of likely N-dealkylation sites (N-methyl/N-ethyl adjacent to an activating group) is 1. The molecule has 2 aromatic heterocycles. The molecule has 0 aliphatic heterocycles. The van der Waals surface area contributed by atoms with E-state index in [2.05, 4.69) is 98.8 Å². The van der Waals surface area contributed by atoms with Crippen LogP contribution in [0.5, 0.6) is 0 Å². The van der Waals surface area contributed by atoms with Crippen molar-refractivity contribution in [3.63, 3.8) is 0 Å². The second-order valence-electron chi connectivity index (χ2n) is 18.3. The van der Waals surface area contributed by atoms with E-state index in [1.165, 1.54) is 0 Å². The van der Waals surface area contributed by atoms with E-state index in [1.807, 2.05) is 11.8 Å². The SMILES string of the molecule is C=Cc1cc(C=C)nc(NCCCC(=O)NCCOCCOCC(=O)NCCN(CCNC(=O)COCCOCCNC(=O)CCCNc2nc(C=C)cc(C=C)n2)CC(=O)NCCN(CC)CC(=O)NCCOCCOCCOCCN=[N+]=[N-])n1. The van der Waals surface area contributed by atoms with E-state index >= 15 is 0 Å². The van der Waals surface area contributed by atoms with Gasteiger partial charge in [-0.15, -0.1) is 0 Å². The van der Waals surface area contributed by atoms with Crippen molar-refractivity contribution in [3.8, 4) is 0 Å². The van der Waals surface area contributed by atoms with Gasteiger partial charge in [0, 0.05) is 96.3 Å². The van der Waals surface area contributed by atoms with E-state index in [4.69, 9.17) is 38.7 Å². The average molecular weight is 1210 g/mol. The maximum Gasteiger partial charge on any atom is 0.246 e. The number of nitrogens with zero attached hydrogens (tertiary/aromatic N) is 9. The normalized spacial score (nSPS) is 10.8. The summed E-state index contributed by atoms with van der Waals surface area (Å²) in [5.41, 5.74) is 10.9. The molecule has 0 unspecified atom stereocenters. The van der Waals surface area contributed by atoms with Gasteiger partial charge in [-0.25, -0.2) is 19.9 Å². The minimum Gasteiger partial charge on any atom is -0.379 e. The van der Waals surface area contributed by atoms with Crippen molar-refractivity contribution in [3.05, 3.63) is 71.7 Å². The van der Waals surface area contributed by atoms with E-state index in [-0.39, 0.29) is 141 Å². The topological polar surface area (TPSA) is 370 Å². The predicted molar refractivity (Wildman–Crippen MR) is 326 cm³/mol. The van der Waals surface area contributed by atoms with Crippen molar-refractivity contribution in [2.75, 3.05) is 201 Å². The van der Waals surface area contributed by atoms with Crippen molar-refractivity contribution in [2.45, 2.75) is 32.6 Å². The van der Waals surface area contributed by atoms with Crippen LogP contribution < -0.4 is 42.5 Å². The highest BCUT2D eigenvalue weighted by atomic mass is 16.5. The zero-order valence-corrected chi connectivity index (χ0v) is 50.0. The van der Waals surface area contributed by atoms with Gasteiger partial charge in [-0.3, -0.25) is 38.6 Å². The summed E-state index contributed by atoms with van der Waals surface area (Å²) in [5, 5.41) is 26.5. The van der Waals surface area contributed by atoms with Crippen LogP contribution in [-0.2, 0) is 61.9 Å². The van der Waals surface area contributed by atoms with Crippen LogP contribution in [0.15, 0.2) is 43.6 Å².